The Labute approximate surface area is 128 Å². The van der Waals surface area contributed by atoms with Crippen molar-refractivity contribution in [1.29, 1.82) is 0 Å². The zero-order valence-corrected chi connectivity index (χ0v) is 15.8. The number of hydrogen-bond acceptors (Lipinski definition) is 1. The van der Waals surface area contributed by atoms with Crippen LogP contribution in [0.1, 0.15) is 79.1 Å². The van der Waals surface area contributed by atoms with Gasteiger partial charge in [0.05, 0.1) is 0 Å². The number of ether oxygens (including phenoxy) is 1. The van der Waals surface area contributed by atoms with Gasteiger partial charge in [-0.1, -0.05) is 0 Å². The maximum atomic E-state index is 6.58. The van der Waals surface area contributed by atoms with Crippen molar-refractivity contribution in [1.82, 2.24) is 0 Å². The second-order valence-corrected chi connectivity index (χ2v) is 9.79. The molecule has 1 saturated heterocycles. The molecule has 0 aromatic heterocycles. The van der Waals surface area contributed by atoms with Crippen molar-refractivity contribution in [3.63, 3.8) is 0 Å². The van der Waals surface area contributed by atoms with Crippen LogP contribution in [0.25, 0.3) is 0 Å². The summed E-state index contributed by atoms with van der Waals surface area (Å²) in [6.45, 7) is 9.50. The van der Waals surface area contributed by atoms with Gasteiger partial charge in [-0.2, -0.15) is 0 Å². The fourth-order valence-corrected chi connectivity index (χ4v) is 5.50. The van der Waals surface area contributed by atoms with Crippen LogP contribution >= 0.6 is 0 Å². The molecule has 0 aromatic carbocycles. The quantitative estimate of drug-likeness (QED) is 0.699. The van der Waals surface area contributed by atoms with E-state index >= 15 is 0 Å². The van der Waals surface area contributed by atoms with Crippen molar-refractivity contribution in [2.45, 2.75) is 95.5 Å². The average Bonchev–Trinajstić information content (AvgIpc) is 2.62. The summed E-state index contributed by atoms with van der Waals surface area (Å²) in [4.78, 5) is 0. The van der Waals surface area contributed by atoms with E-state index in [9.17, 15) is 0 Å². The minimum atomic E-state index is 0.279. The van der Waals surface area contributed by atoms with Crippen LogP contribution in [-0.2, 0) is 4.74 Å². The molecule has 112 valence electrons. The van der Waals surface area contributed by atoms with Crippen LogP contribution in [0.5, 0.6) is 0 Å². The van der Waals surface area contributed by atoms with Crippen molar-refractivity contribution in [2.24, 2.45) is 11.3 Å². The molecule has 1 heterocycles. The Morgan fingerprint density at radius 1 is 1.21 bits per heavy atom. The Kier molecular flexibility index (Phi) is 5.11. The first kappa shape index (κ1) is 15.9. The molecule has 1 nitrogen and oxygen atoms in total. The Hall–Kier alpha value is 0.518. The first-order valence-corrected chi connectivity index (χ1v) is 9.69. The molecule has 2 heteroatoms. The summed E-state index contributed by atoms with van der Waals surface area (Å²) in [6.07, 6.45) is 11.3. The fourth-order valence-electron chi connectivity index (χ4n) is 4.03. The van der Waals surface area contributed by atoms with E-state index in [1.807, 2.05) is 16.9 Å². The van der Waals surface area contributed by atoms with Crippen molar-refractivity contribution in [3.8, 4) is 0 Å². The molecule has 2 rings (SSSR count). The van der Waals surface area contributed by atoms with Gasteiger partial charge in [0.2, 0.25) is 0 Å². The van der Waals surface area contributed by atoms with Crippen LogP contribution in [0.3, 0.4) is 0 Å². The third-order valence-corrected chi connectivity index (χ3v) is 6.85. The predicted octanol–water partition coefficient (Wildman–Crippen LogP) is 4.36. The van der Waals surface area contributed by atoms with E-state index in [4.69, 9.17) is 4.74 Å². The van der Waals surface area contributed by atoms with Crippen LogP contribution in [0.2, 0.25) is 4.71 Å². The summed E-state index contributed by atoms with van der Waals surface area (Å²) >= 11 is 1.92. The molecule has 2 fully saturated rings. The third-order valence-electron chi connectivity index (χ3n) is 5.45. The van der Waals surface area contributed by atoms with Crippen molar-refractivity contribution >= 4 is 16.9 Å². The molecule has 0 radical (unpaired) electrons. The molecule has 1 saturated carbocycles. The minimum absolute atomic E-state index is 0.279. The van der Waals surface area contributed by atoms with E-state index < -0.39 is 0 Å². The number of rotatable bonds is 3. The second kappa shape index (κ2) is 6.10. The van der Waals surface area contributed by atoms with E-state index in [1.54, 1.807) is 0 Å². The van der Waals surface area contributed by atoms with Gasteiger partial charge in [-0.3, -0.25) is 0 Å². The first-order chi connectivity index (χ1) is 8.86. The Morgan fingerprint density at radius 2 is 1.84 bits per heavy atom. The molecule has 2 aliphatic rings. The first-order valence-electron chi connectivity index (χ1n) is 8.30. The van der Waals surface area contributed by atoms with E-state index in [0.29, 0.717) is 11.5 Å². The zero-order valence-electron chi connectivity index (χ0n) is 13.4. The Morgan fingerprint density at radius 3 is 2.37 bits per heavy atom. The topological polar surface area (TPSA) is 9.23 Å². The van der Waals surface area contributed by atoms with Crippen molar-refractivity contribution < 1.29 is 4.74 Å². The molecule has 0 aromatic rings. The van der Waals surface area contributed by atoms with Gasteiger partial charge in [0.25, 0.3) is 0 Å². The summed E-state index contributed by atoms with van der Waals surface area (Å²) in [5.74, 6) is 0.900. The normalized spacial score (nSPS) is 39.9. The number of unbranched alkanes of at least 4 members (excludes halogenated alkanes) is 1. The molecule has 1 spiro atoms. The number of hydrogen-bond donors (Lipinski definition) is 0. The molecule has 1 aliphatic carbocycles. The maximum absolute atomic E-state index is 6.58. The van der Waals surface area contributed by atoms with Crippen molar-refractivity contribution in [2.75, 3.05) is 0 Å². The van der Waals surface area contributed by atoms with E-state index in [2.05, 4.69) is 27.7 Å². The van der Waals surface area contributed by atoms with E-state index in [-0.39, 0.29) is 5.60 Å². The molecule has 19 heavy (non-hydrogen) atoms. The van der Waals surface area contributed by atoms with Gasteiger partial charge in [-0.25, -0.2) is 0 Å². The Balaban J connectivity index is 1.89. The van der Waals surface area contributed by atoms with E-state index in [0.717, 1.165) is 10.6 Å². The predicted molar refractivity (Wildman–Crippen MR) is 85.5 cm³/mol. The monoisotopic (exact) mass is 328 g/mol. The van der Waals surface area contributed by atoms with Crippen LogP contribution in [0.4, 0.5) is 0 Å². The van der Waals surface area contributed by atoms with Gasteiger partial charge >= 0.3 is 128 Å². The van der Waals surface area contributed by atoms with Crippen LogP contribution in [-0.4, -0.2) is 28.6 Å². The molecule has 3 unspecified atom stereocenters. The van der Waals surface area contributed by atoms with Crippen LogP contribution in [0.15, 0.2) is 0 Å². The molecule has 0 N–H and O–H groups in total. The molecular weight excluding hydrogens is 295 g/mol. The van der Waals surface area contributed by atoms with Crippen molar-refractivity contribution in [3.05, 3.63) is 0 Å². The van der Waals surface area contributed by atoms with Gasteiger partial charge in [0.1, 0.15) is 0 Å². The molecule has 3 atom stereocenters. The molecular formula is C17H33AsO. The van der Waals surface area contributed by atoms with Crippen LogP contribution < -0.4 is 0 Å². The molecule has 0 amide bonds. The summed E-state index contributed by atoms with van der Waals surface area (Å²) in [6, 6.07) is 0. The van der Waals surface area contributed by atoms with Gasteiger partial charge in [-0.05, 0) is 0 Å². The van der Waals surface area contributed by atoms with Gasteiger partial charge < -0.3 is 0 Å². The van der Waals surface area contributed by atoms with E-state index in [1.165, 1.54) is 51.4 Å². The second-order valence-electron chi connectivity index (χ2n) is 7.99. The third kappa shape index (κ3) is 3.79. The van der Waals surface area contributed by atoms with Gasteiger partial charge in [-0.15, -0.1) is 0 Å². The SMILES string of the molecule is CCCCC1OC2(CCC(C(C)(C)C)CC2)CC1[AsH2]. The summed E-state index contributed by atoms with van der Waals surface area (Å²) in [5, 5.41) is 0. The zero-order chi connectivity index (χ0) is 14.1. The van der Waals surface area contributed by atoms with Gasteiger partial charge in [0, 0.05) is 0 Å². The van der Waals surface area contributed by atoms with Gasteiger partial charge in [0.15, 0.2) is 0 Å². The summed E-state index contributed by atoms with van der Waals surface area (Å²) in [5.41, 5.74) is 0.763. The molecule has 1 aliphatic heterocycles. The van der Waals surface area contributed by atoms with Crippen LogP contribution in [0, 0.1) is 11.3 Å². The standard InChI is InChI=1S/C17H33AsO/c1-5-6-7-15-14(18)12-17(19-15)10-8-13(9-11-17)16(2,3)4/h13-15H,5-12,18H2,1-4H3. The molecule has 0 bridgehead atoms. The average molecular weight is 328 g/mol. The summed E-state index contributed by atoms with van der Waals surface area (Å²) in [7, 11) is 0. The Bertz CT molecular complexity index is 286. The summed E-state index contributed by atoms with van der Waals surface area (Å²) < 4.78 is 7.42. The fraction of sp³-hybridized carbons (Fsp3) is 1.00.